The summed E-state index contributed by atoms with van der Waals surface area (Å²) in [6, 6.07) is 14.7. The number of fused-ring (bicyclic) bond motifs is 3. The SMILES string of the molecule is COCc1nc(C[C@@H](NC(=O)OCC2c3ccccc3-c3ccccc32)C(=O)O)no1. The monoisotopic (exact) mass is 423 g/mol. The Bertz CT molecular complexity index is 1050. The average molecular weight is 423 g/mol. The minimum Gasteiger partial charge on any atom is -0.480 e. The molecule has 1 atom stereocenters. The quantitative estimate of drug-likeness (QED) is 0.567. The van der Waals surface area contributed by atoms with E-state index in [0.717, 1.165) is 22.3 Å². The number of aromatic nitrogens is 2. The Hall–Kier alpha value is -3.72. The molecule has 0 saturated carbocycles. The highest BCUT2D eigenvalue weighted by molar-refractivity contribution is 5.81. The van der Waals surface area contributed by atoms with E-state index in [1.165, 1.54) is 7.11 Å². The normalized spacial score (nSPS) is 13.3. The van der Waals surface area contributed by atoms with Crippen molar-refractivity contribution >= 4 is 12.1 Å². The van der Waals surface area contributed by atoms with E-state index < -0.39 is 18.1 Å². The minimum absolute atomic E-state index is 0.0897. The van der Waals surface area contributed by atoms with E-state index in [4.69, 9.17) is 14.0 Å². The predicted molar refractivity (Wildman–Crippen MR) is 108 cm³/mol. The first-order valence-electron chi connectivity index (χ1n) is 9.71. The van der Waals surface area contributed by atoms with Crippen molar-refractivity contribution < 1.29 is 28.7 Å². The number of carbonyl (C=O) groups is 2. The van der Waals surface area contributed by atoms with Crippen molar-refractivity contribution in [3.05, 3.63) is 71.4 Å². The molecule has 1 amide bonds. The van der Waals surface area contributed by atoms with E-state index in [9.17, 15) is 14.7 Å². The Morgan fingerprint density at radius 2 is 1.77 bits per heavy atom. The summed E-state index contributed by atoms with van der Waals surface area (Å²) in [7, 11) is 1.47. The molecule has 0 bridgehead atoms. The summed E-state index contributed by atoms with van der Waals surface area (Å²) in [5.41, 5.74) is 4.37. The lowest BCUT2D eigenvalue weighted by atomic mass is 9.98. The van der Waals surface area contributed by atoms with Gasteiger partial charge in [0.25, 0.3) is 5.89 Å². The fourth-order valence-corrected chi connectivity index (χ4v) is 3.72. The molecule has 1 aliphatic rings. The van der Waals surface area contributed by atoms with Gasteiger partial charge in [-0.25, -0.2) is 9.59 Å². The van der Waals surface area contributed by atoms with Crippen LogP contribution in [-0.4, -0.2) is 47.1 Å². The number of aliphatic carboxylic acids is 1. The lowest BCUT2D eigenvalue weighted by Crippen LogP contribution is -2.43. The number of carboxylic acid groups (broad SMARTS) is 1. The van der Waals surface area contributed by atoms with Crippen LogP contribution < -0.4 is 5.32 Å². The number of carbonyl (C=O) groups excluding carboxylic acids is 1. The van der Waals surface area contributed by atoms with Crippen LogP contribution in [0.25, 0.3) is 11.1 Å². The molecule has 0 unspecified atom stereocenters. The summed E-state index contributed by atoms with van der Waals surface area (Å²) in [5.74, 6) is -0.969. The van der Waals surface area contributed by atoms with Crippen LogP contribution in [0.15, 0.2) is 53.1 Å². The lowest BCUT2D eigenvalue weighted by Gasteiger charge is -2.16. The Balaban J connectivity index is 1.40. The van der Waals surface area contributed by atoms with Crippen LogP contribution in [-0.2, 0) is 27.3 Å². The van der Waals surface area contributed by atoms with Gasteiger partial charge in [0.2, 0.25) is 0 Å². The molecule has 1 aromatic heterocycles. The molecule has 1 aliphatic carbocycles. The summed E-state index contributed by atoms with van der Waals surface area (Å²) < 4.78 is 15.2. The number of methoxy groups -OCH3 is 1. The largest absolute Gasteiger partial charge is 0.480 e. The molecule has 9 heteroatoms. The molecule has 2 aromatic carbocycles. The summed E-state index contributed by atoms with van der Waals surface area (Å²) in [5, 5.41) is 15.5. The number of hydrogen-bond donors (Lipinski definition) is 2. The van der Waals surface area contributed by atoms with E-state index in [1.54, 1.807) is 0 Å². The van der Waals surface area contributed by atoms with Crippen molar-refractivity contribution in [1.29, 1.82) is 0 Å². The topological polar surface area (TPSA) is 124 Å². The Labute approximate surface area is 178 Å². The molecule has 0 radical (unpaired) electrons. The molecule has 31 heavy (non-hydrogen) atoms. The van der Waals surface area contributed by atoms with Crippen molar-refractivity contribution in [2.24, 2.45) is 0 Å². The zero-order chi connectivity index (χ0) is 21.8. The maximum Gasteiger partial charge on any atom is 0.407 e. The number of hydrogen-bond acceptors (Lipinski definition) is 7. The zero-order valence-electron chi connectivity index (χ0n) is 16.8. The highest BCUT2D eigenvalue weighted by Crippen LogP contribution is 2.44. The number of rotatable bonds is 8. The number of benzene rings is 2. The van der Waals surface area contributed by atoms with Crippen molar-refractivity contribution in [2.45, 2.75) is 25.0 Å². The van der Waals surface area contributed by atoms with E-state index in [1.807, 2.05) is 48.5 Å². The first-order chi connectivity index (χ1) is 15.1. The first-order valence-corrected chi connectivity index (χ1v) is 9.71. The van der Waals surface area contributed by atoms with Gasteiger partial charge in [-0.3, -0.25) is 0 Å². The van der Waals surface area contributed by atoms with E-state index in [0.29, 0.717) is 0 Å². The molecule has 0 aliphatic heterocycles. The second-order valence-electron chi connectivity index (χ2n) is 7.10. The number of alkyl carbamates (subject to hydrolysis) is 1. The number of ether oxygens (including phenoxy) is 2. The van der Waals surface area contributed by atoms with Crippen molar-refractivity contribution in [3.63, 3.8) is 0 Å². The molecule has 160 valence electrons. The van der Waals surface area contributed by atoms with Crippen LogP contribution in [0.2, 0.25) is 0 Å². The van der Waals surface area contributed by atoms with Crippen LogP contribution in [0.1, 0.15) is 28.8 Å². The fourth-order valence-electron chi connectivity index (χ4n) is 3.72. The van der Waals surface area contributed by atoms with Gasteiger partial charge in [-0.2, -0.15) is 4.98 Å². The molecular weight excluding hydrogens is 402 g/mol. The van der Waals surface area contributed by atoms with Crippen LogP contribution in [0.4, 0.5) is 4.79 Å². The van der Waals surface area contributed by atoms with Gasteiger partial charge in [0, 0.05) is 19.4 Å². The highest BCUT2D eigenvalue weighted by atomic mass is 16.5. The van der Waals surface area contributed by atoms with Crippen LogP contribution in [0, 0.1) is 0 Å². The van der Waals surface area contributed by atoms with Gasteiger partial charge >= 0.3 is 12.1 Å². The molecule has 0 fully saturated rings. The second kappa shape index (κ2) is 8.97. The van der Waals surface area contributed by atoms with Crippen LogP contribution in [0.5, 0.6) is 0 Å². The van der Waals surface area contributed by atoms with Crippen LogP contribution >= 0.6 is 0 Å². The Morgan fingerprint density at radius 1 is 1.13 bits per heavy atom. The third-order valence-corrected chi connectivity index (χ3v) is 5.10. The van der Waals surface area contributed by atoms with Gasteiger partial charge in [-0.15, -0.1) is 0 Å². The number of nitrogens with zero attached hydrogens (tertiary/aromatic N) is 2. The molecule has 1 heterocycles. The van der Waals surface area contributed by atoms with E-state index >= 15 is 0 Å². The van der Waals surface area contributed by atoms with Gasteiger partial charge in [0.05, 0.1) is 0 Å². The average Bonchev–Trinajstić information content (AvgIpc) is 3.34. The van der Waals surface area contributed by atoms with Crippen molar-refractivity contribution in [1.82, 2.24) is 15.5 Å². The lowest BCUT2D eigenvalue weighted by molar-refractivity contribution is -0.139. The summed E-state index contributed by atoms with van der Waals surface area (Å²) in [6.45, 7) is 0.205. The van der Waals surface area contributed by atoms with E-state index in [-0.39, 0.29) is 37.3 Å². The van der Waals surface area contributed by atoms with Gasteiger partial charge < -0.3 is 24.4 Å². The molecule has 4 rings (SSSR count). The summed E-state index contributed by atoms with van der Waals surface area (Å²) in [4.78, 5) is 28.0. The molecular formula is C22H21N3O6. The number of carboxylic acids is 1. The van der Waals surface area contributed by atoms with E-state index in [2.05, 4.69) is 15.5 Å². The van der Waals surface area contributed by atoms with Crippen molar-refractivity contribution in [2.75, 3.05) is 13.7 Å². The van der Waals surface area contributed by atoms with Gasteiger partial charge in [-0.05, 0) is 22.3 Å². The third kappa shape index (κ3) is 4.41. The summed E-state index contributed by atoms with van der Waals surface area (Å²) >= 11 is 0. The van der Waals surface area contributed by atoms with Gasteiger partial charge in [0.15, 0.2) is 5.82 Å². The second-order valence-corrected chi connectivity index (χ2v) is 7.10. The predicted octanol–water partition coefficient (Wildman–Crippen LogP) is 2.75. The number of amides is 1. The Morgan fingerprint density at radius 3 is 2.39 bits per heavy atom. The molecule has 2 N–H and O–H groups in total. The maximum atomic E-state index is 12.4. The minimum atomic E-state index is -1.26. The zero-order valence-corrected chi connectivity index (χ0v) is 16.8. The third-order valence-electron chi connectivity index (χ3n) is 5.10. The molecule has 0 saturated heterocycles. The van der Waals surface area contributed by atoms with Crippen molar-refractivity contribution in [3.8, 4) is 11.1 Å². The standard InChI is InChI=1S/C22H21N3O6/c1-29-12-20-24-19(25-31-20)10-18(21(26)27)23-22(28)30-11-17-15-8-4-2-6-13(15)14-7-3-5-9-16(14)17/h2-9,17-18H,10-12H2,1H3,(H,23,28)(H,26,27)/t18-/m1/s1. The summed E-state index contributed by atoms with van der Waals surface area (Å²) in [6.07, 6.45) is -0.970. The molecule has 0 spiro atoms. The molecule has 9 nitrogen and oxygen atoms in total. The smallest absolute Gasteiger partial charge is 0.407 e. The number of nitrogens with one attached hydrogen (secondary N) is 1. The van der Waals surface area contributed by atoms with Crippen LogP contribution in [0.3, 0.4) is 0 Å². The van der Waals surface area contributed by atoms with Gasteiger partial charge in [0.1, 0.15) is 19.3 Å². The fraction of sp³-hybridized carbons (Fsp3) is 0.273. The first kappa shape index (κ1) is 20.5. The van der Waals surface area contributed by atoms with Gasteiger partial charge in [-0.1, -0.05) is 53.7 Å². The highest BCUT2D eigenvalue weighted by Gasteiger charge is 2.30. The Kier molecular flexibility index (Phi) is 5.94. The molecule has 3 aromatic rings. The maximum absolute atomic E-state index is 12.4.